The molecule has 2 N–H and O–H groups in total. The Morgan fingerprint density at radius 3 is 2.94 bits per heavy atom. The Morgan fingerprint density at radius 1 is 1.39 bits per heavy atom. The van der Waals surface area contributed by atoms with Crippen LogP contribution in [0.4, 0.5) is 0 Å². The van der Waals surface area contributed by atoms with Crippen LogP contribution < -0.4 is 5.69 Å². The molecule has 18 heavy (non-hydrogen) atoms. The molecule has 0 unspecified atom stereocenters. The smallest absolute Gasteiger partial charge is 0.273 e. The van der Waals surface area contributed by atoms with Gasteiger partial charge in [0.25, 0.3) is 0 Å². The number of H-pyrrole nitrogens is 2. The summed E-state index contributed by atoms with van der Waals surface area (Å²) in [7, 11) is 1.61. The third-order valence-electron chi connectivity index (χ3n) is 2.27. The van der Waals surface area contributed by atoms with Crippen molar-refractivity contribution >= 4 is 34.4 Å². The van der Waals surface area contributed by atoms with Gasteiger partial charge in [-0.1, -0.05) is 0 Å². The predicted molar refractivity (Wildman–Crippen MR) is 64.6 cm³/mol. The molecule has 0 saturated heterocycles. The van der Waals surface area contributed by atoms with Crippen LogP contribution in [0.25, 0.3) is 11.0 Å². The molecule has 0 aliphatic rings. The fourth-order valence-corrected chi connectivity index (χ4v) is 2.47. The van der Waals surface area contributed by atoms with E-state index < -0.39 is 0 Å². The molecule has 3 aromatic heterocycles. The van der Waals surface area contributed by atoms with Gasteiger partial charge in [0, 0.05) is 7.05 Å². The number of hydrogen-bond donors (Lipinski definition) is 2. The number of nitrogens with one attached hydrogen (secondary N) is 2. The van der Waals surface area contributed by atoms with Gasteiger partial charge in [0.15, 0.2) is 10.8 Å². The highest BCUT2D eigenvalue weighted by atomic mass is 35.5. The van der Waals surface area contributed by atoms with Crippen molar-refractivity contribution in [2.75, 3.05) is 0 Å². The highest BCUT2D eigenvalue weighted by Gasteiger charge is 2.13. The van der Waals surface area contributed by atoms with Gasteiger partial charge in [-0.25, -0.2) is 14.9 Å². The first-order valence-electron chi connectivity index (χ1n) is 4.81. The largest absolute Gasteiger partial charge is 0.343 e. The van der Waals surface area contributed by atoms with Crippen molar-refractivity contribution in [3.63, 3.8) is 0 Å². The van der Waals surface area contributed by atoms with E-state index in [1.807, 2.05) is 0 Å². The van der Waals surface area contributed by atoms with Crippen LogP contribution in [0, 0.1) is 0 Å². The van der Waals surface area contributed by atoms with Gasteiger partial charge < -0.3 is 0 Å². The summed E-state index contributed by atoms with van der Waals surface area (Å²) in [5, 5.41) is 14.7. The Morgan fingerprint density at radius 2 is 2.22 bits per heavy atom. The van der Waals surface area contributed by atoms with Crippen LogP contribution in [0.2, 0.25) is 5.28 Å². The van der Waals surface area contributed by atoms with Crippen molar-refractivity contribution in [3.05, 3.63) is 22.0 Å². The molecule has 0 aliphatic carbocycles. The standard InChI is InChI=1S/C8H6ClN7OS/c1-16-7(17)14-15-8(16)18-5-3-2-10-13-4(3)11-6(9)12-5/h2H,1H3,(H,14,17)(H,10,11,12,13). The van der Waals surface area contributed by atoms with Crippen LogP contribution in [0.3, 0.4) is 0 Å². The predicted octanol–water partition coefficient (Wildman–Crippen LogP) is 0.579. The van der Waals surface area contributed by atoms with Crippen molar-refractivity contribution in [1.82, 2.24) is 34.9 Å². The molecule has 0 radical (unpaired) electrons. The number of rotatable bonds is 2. The molecule has 8 nitrogen and oxygen atoms in total. The molecule has 3 heterocycles. The second kappa shape index (κ2) is 4.10. The summed E-state index contributed by atoms with van der Waals surface area (Å²) < 4.78 is 1.38. The number of aromatic nitrogens is 7. The summed E-state index contributed by atoms with van der Waals surface area (Å²) in [5.74, 6) is 0. The molecular formula is C8H6ClN7OS. The number of fused-ring (bicyclic) bond motifs is 1. The van der Waals surface area contributed by atoms with E-state index in [2.05, 4.69) is 30.4 Å². The number of hydrogen-bond acceptors (Lipinski definition) is 6. The van der Waals surface area contributed by atoms with E-state index in [9.17, 15) is 4.79 Å². The minimum Gasteiger partial charge on any atom is -0.273 e. The Balaban J connectivity index is 2.12. The van der Waals surface area contributed by atoms with Gasteiger partial charge in [0.2, 0.25) is 5.28 Å². The maximum atomic E-state index is 11.3. The summed E-state index contributed by atoms with van der Waals surface area (Å²) in [6, 6.07) is 0. The fraction of sp³-hybridized carbons (Fsp3) is 0.125. The lowest BCUT2D eigenvalue weighted by atomic mass is 10.4. The number of nitrogens with zero attached hydrogens (tertiary/aromatic N) is 5. The molecule has 92 valence electrons. The summed E-state index contributed by atoms with van der Waals surface area (Å²) in [6.45, 7) is 0. The number of halogens is 1. The topological polar surface area (TPSA) is 105 Å². The minimum atomic E-state index is -0.291. The fourth-order valence-electron chi connectivity index (χ4n) is 1.37. The molecule has 0 saturated carbocycles. The van der Waals surface area contributed by atoms with Gasteiger partial charge in [-0.2, -0.15) is 10.1 Å². The maximum Gasteiger partial charge on any atom is 0.343 e. The lowest BCUT2D eigenvalue weighted by molar-refractivity contribution is 0.765. The quantitative estimate of drug-likeness (QED) is 0.526. The molecule has 0 aromatic carbocycles. The third-order valence-corrected chi connectivity index (χ3v) is 3.50. The molecule has 0 aliphatic heterocycles. The molecule has 3 rings (SSSR count). The first-order chi connectivity index (χ1) is 8.65. The van der Waals surface area contributed by atoms with Gasteiger partial charge in [0.1, 0.15) is 5.03 Å². The van der Waals surface area contributed by atoms with Crippen LogP contribution in [0.1, 0.15) is 0 Å². The van der Waals surface area contributed by atoms with Crippen LogP contribution in [0.15, 0.2) is 21.2 Å². The van der Waals surface area contributed by atoms with E-state index in [1.165, 1.54) is 16.3 Å². The summed E-state index contributed by atoms with van der Waals surface area (Å²) in [4.78, 5) is 19.4. The second-order valence-electron chi connectivity index (χ2n) is 3.40. The first-order valence-corrected chi connectivity index (χ1v) is 6.00. The zero-order chi connectivity index (χ0) is 12.7. The maximum absolute atomic E-state index is 11.3. The minimum absolute atomic E-state index is 0.106. The van der Waals surface area contributed by atoms with Crippen molar-refractivity contribution in [2.45, 2.75) is 10.2 Å². The highest BCUT2D eigenvalue weighted by molar-refractivity contribution is 7.99. The zero-order valence-corrected chi connectivity index (χ0v) is 10.6. The van der Waals surface area contributed by atoms with Crippen LogP contribution in [0.5, 0.6) is 0 Å². The summed E-state index contributed by atoms with van der Waals surface area (Å²) in [5.41, 5.74) is 0.249. The van der Waals surface area contributed by atoms with Gasteiger partial charge in [-0.15, -0.1) is 5.10 Å². The Hall–Kier alpha value is -1.87. The van der Waals surface area contributed by atoms with E-state index in [0.29, 0.717) is 15.8 Å². The van der Waals surface area contributed by atoms with Gasteiger partial charge in [-0.05, 0) is 23.4 Å². The molecule has 0 amide bonds. The molecule has 10 heteroatoms. The first kappa shape index (κ1) is 11.2. The lowest BCUT2D eigenvalue weighted by Crippen LogP contribution is -2.12. The van der Waals surface area contributed by atoms with Crippen LogP contribution in [-0.4, -0.2) is 34.9 Å². The molecule has 0 spiro atoms. The zero-order valence-electron chi connectivity index (χ0n) is 9.01. The van der Waals surface area contributed by atoms with Crippen molar-refractivity contribution in [3.8, 4) is 0 Å². The molecule has 0 atom stereocenters. The average Bonchev–Trinajstić information content (AvgIpc) is 2.90. The molecule has 0 bridgehead atoms. The van der Waals surface area contributed by atoms with Crippen molar-refractivity contribution in [2.24, 2.45) is 7.05 Å². The monoisotopic (exact) mass is 283 g/mol. The molecular weight excluding hydrogens is 278 g/mol. The Labute approximate surface area is 109 Å². The normalized spacial score (nSPS) is 11.2. The van der Waals surface area contributed by atoms with Gasteiger partial charge in [0.05, 0.1) is 11.6 Å². The van der Waals surface area contributed by atoms with Gasteiger partial charge >= 0.3 is 5.69 Å². The third kappa shape index (κ3) is 1.77. The van der Waals surface area contributed by atoms with E-state index >= 15 is 0 Å². The van der Waals surface area contributed by atoms with Crippen molar-refractivity contribution in [1.29, 1.82) is 0 Å². The molecule has 0 fully saturated rings. The second-order valence-corrected chi connectivity index (χ2v) is 4.70. The highest BCUT2D eigenvalue weighted by Crippen LogP contribution is 2.29. The average molecular weight is 284 g/mol. The summed E-state index contributed by atoms with van der Waals surface area (Å²) >= 11 is 7.02. The lowest BCUT2D eigenvalue weighted by Gasteiger charge is -2.00. The van der Waals surface area contributed by atoms with E-state index in [4.69, 9.17) is 11.6 Å². The number of aromatic amines is 2. The summed E-state index contributed by atoms with van der Waals surface area (Å²) in [6.07, 6.45) is 1.60. The van der Waals surface area contributed by atoms with Crippen molar-refractivity contribution < 1.29 is 0 Å². The van der Waals surface area contributed by atoms with E-state index in [1.54, 1.807) is 13.2 Å². The Bertz CT molecular complexity index is 775. The van der Waals surface area contributed by atoms with E-state index in [-0.39, 0.29) is 11.0 Å². The van der Waals surface area contributed by atoms with E-state index in [0.717, 1.165) is 5.39 Å². The Kier molecular flexibility index (Phi) is 2.56. The van der Waals surface area contributed by atoms with Crippen LogP contribution >= 0.6 is 23.4 Å². The van der Waals surface area contributed by atoms with Gasteiger partial charge in [-0.3, -0.25) is 9.67 Å². The molecule has 3 aromatic rings. The SMILES string of the molecule is Cn1c(Sc2nc(Cl)nc3[nH]ncc23)n[nH]c1=O. The van der Waals surface area contributed by atoms with Crippen LogP contribution in [-0.2, 0) is 7.05 Å².